The minimum atomic E-state index is -0.0409. The van der Waals surface area contributed by atoms with Crippen LogP contribution in [-0.2, 0) is 4.74 Å². The second-order valence-corrected chi connectivity index (χ2v) is 4.54. The summed E-state index contributed by atoms with van der Waals surface area (Å²) < 4.78 is 5.99. The van der Waals surface area contributed by atoms with Crippen LogP contribution in [0.4, 0.5) is 0 Å². The lowest BCUT2D eigenvalue weighted by Gasteiger charge is -2.23. The minimum absolute atomic E-state index is 0.0409. The number of hydrogen-bond donors (Lipinski definition) is 0. The molecule has 0 fully saturated rings. The van der Waals surface area contributed by atoms with Crippen LogP contribution in [0.15, 0.2) is 42.5 Å². The van der Waals surface area contributed by atoms with Crippen LogP contribution < -0.4 is 0 Å². The van der Waals surface area contributed by atoms with E-state index >= 15 is 0 Å². The summed E-state index contributed by atoms with van der Waals surface area (Å²) in [7, 11) is 0. The van der Waals surface area contributed by atoms with Gasteiger partial charge in [0.15, 0.2) is 0 Å². The summed E-state index contributed by atoms with van der Waals surface area (Å²) in [4.78, 5) is 0. The number of rotatable bonds is 3. The third kappa shape index (κ3) is 3.75. The molecule has 0 saturated carbocycles. The van der Waals surface area contributed by atoms with E-state index < -0.39 is 0 Å². The molecule has 1 heterocycles. The SMILES string of the molecule is CCCCC#C[C@@H]1C=CC[C@@H](c2ccccc2)O1. The van der Waals surface area contributed by atoms with E-state index in [1.54, 1.807) is 0 Å². The van der Waals surface area contributed by atoms with Gasteiger partial charge < -0.3 is 4.74 Å². The Morgan fingerprint density at radius 1 is 1.28 bits per heavy atom. The van der Waals surface area contributed by atoms with Crippen molar-refractivity contribution in [3.63, 3.8) is 0 Å². The van der Waals surface area contributed by atoms with Gasteiger partial charge in [0, 0.05) is 6.42 Å². The van der Waals surface area contributed by atoms with Crippen LogP contribution in [0.5, 0.6) is 0 Å². The number of hydrogen-bond acceptors (Lipinski definition) is 1. The monoisotopic (exact) mass is 240 g/mol. The predicted octanol–water partition coefficient (Wildman–Crippen LogP) is 4.27. The molecule has 18 heavy (non-hydrogen) atoms. The first-order chi connectivity index (χ1) is 8.90. The van der Waals surface area contributed by atoms with Crippen LogP contribution in [0, 0.1) is 11.8 Å². The van der Waals surface area contributed by atoms with E-state index in [4.69, 9.17) is 4.74 Å². The molecule has 2 atom stereocenters. The van der Waals surface area contributed by atoms with Crippen molar-refractivity contribution in [1.82, 2.24) is 0 Å². The van der Waals surface area contributed by atoms with Crippen LogP contribution in [0.25, 0.3) is 0 Å². The maximum Gasteiger partial charge on any atom is 0.137 e. The molecule has 0 N–H and O–H groups in total. The lowest BCUT2D eigenvalue weighted by Crippen LogP contribution is -2.16. The minimum Gasteiger partial charge on any atom is -0.353 e. The van der Waals surface area contributed by atoms with Gasteiger partial charge in [-0.15, -0.1) is 5.92 Å². The van der Waals surface area contributed by atoms with Gasteiger partial charge in [-0.1, -0.05) is 55.7 Å². The van der Waals surface area contributed by atoms with Crippen molar-refractivity contribution in [3.8, 4) is 11.8 Å². The highest BCUT2D eigenvalue weighted by atomic mass is 16.5. The van der Waals surface area contributed by atoms with E-state index in [1.807, 2.05) is 6.07 Å². The first kappa shape index (κ1) is 12.9. The average molecular weight is 240 g/mol. The molecule has 0 saturated heterocycles. The molecular formula is C17H20O. The maximum absolute atomic E-state index is 5.99. The van der Waals surface area contributed by atoms with Crippen molar-refractivity contribution in [2.75, 3.05) is 0 Å². The summed E-state index contributed by atoms with van der Waals surface area (Å²) in [6.45, 7) is 2.18. The van der Waals surface area contributed by atoms with Gasteiger partial charge in [-0.25, -0.2) is 0 Å². The molecule has 0 unspecified atom stereocenters. The zero-order valence-electron chi connectivity index (χ0n) is 10.9. The second kappa shape index (κ2) is 7.03. The standard InChI is InChI=1S/C17H20O/c1-2-3-4-8-12-16-13-9-14-17(18-16)15-10-6-5-7-11-15/h5-7,9-11,13,16-17H,2-4,14H2,1H3/t16-,17+/m1/s1. The summed E-state index contributed by atoms with van der Waals surface area (Å²) in [5.41, 5.74) is 1.24. The Morgan fingerprint density at radius 2 is 2.11 bits per heavy atom. The normalized spacial score (nSPS) is 22.3. The molecule has 1 heteroatoms. The molecule has 0 bridgehead atoms. The zero-order chi connectivity index (χ0) is 12.6. The van der Waals surface area contributed by atoms with E-state index in [0.717, 1.165) is 12.8 Å². The third-order valence-corrected chi connectivity index (χ3v) is 3.04. The second-order valence-electron chi connectivity index (χ2n) is 4.54. The lowest BCUT2D eigenvalue weighted by molar-refractivity contribution is 0.0334. The summed E-state index contributed by atoms with van der Waals surface area (Å²) >= 11 is 0. The van der Waals surface area contributed by atoms with Gasteiger partial charge in [0.2, 0.25) is 0 Å². The van der Waals surface area contributed by atoms with Gasteiger partial charge in [-0.05, 0) is 24.5 Å². The zero-order valence-corrected chi connectivity index (χ0v) is 10.9. The molecule has 0 aromatic heterocycles. The Balaban J connectivity index is 1.94. The van der Waals surface area contributed by atoms with Crippen LogP contribution in [0.2, 0.25) is 0 Å². The van der Waals surface area contributed by atoms with Crippen molar-refractivity contribution < 1.29 is 4.74 Å². The van der Waals surface area contributed by atoms with E-state index in [9.17, 15) is 0 Å². The highest BCUT2D eigenvalue weighted by Crippen LogP contribution is 2.26. The van der Waals surface area contributed by atoms with Gasteiger partial charge in [-0.3, -0.25) is 0 Å². The lowest BCUT2D eigenvalue weighted by atomic mass is 10.0. The fraction of sp³-hybridized carbons (Fsp3) is 0.412. The van der Waals surface area contributed by atoms with Crippen LogP contribution in [0.3, 0.4) is 0 Å². The Bertz CT molecular complexity index is 436. The van der Waals surface area contributed by atoms with Gasteiger partial charge in [0.05, 0.1) is 6.10 Å². The number of ether oxygens (including phenoxy) is 1. The third-order valence-electron chi connectivity index (χ3n) is 3.04. The Labute approximate surface area is 110 Å². The largest absolute Gasteiger partial charge is 0.353 e. The van der Waals surface area contributed by atoms with Crippen molar-refractivity contribution in [2.45, 2.75) is 44.8 Å². The summed E-state index contributed by atoms with van der Waals surface area (Å²) in [5, 5.41) is 0. The highest BCUT2D eigenvalue weighted by Gasteiger charge is 2.17. The first-order valence-electron chi connectivity index (χ1n) is 6.75. The molecule has 1 aromatic carbocycles. The fourth-order valence-corrected chi connectivity index (χ4v) is 2.01. The van der Waals surface area contributed by atoms with Crippen LogP contribution in [-0.4, -0.2) is 6.10 Å². The first-order valence-corrected chi connectivity index (χ1v) is 6.75. The Kier molecular flexibility index (Phi) is 5.05. The van der Waals surface area contributed by atoms with Crippen molar-refractivity contribution in [3.05, 3.63) is 48.0 Å². The summed E-state index contributed by atoms with van der Waals surface area (Å²) in [5.74, 6) is 6.40. The van der Waals surface area contributed by atoms with Gasteiger partial charge >= 0.3 is 0 Å². The van der Waals surface area contributed by atoms with Gasteiger partial charge in [0.25, 0.3) is 0 Å². The number of unbranched alkanes of at least 4 members (excludes halogenated alkanes) is 2. The van der Waals surface area contributed by atoms with Gasteiger partial charge in [-0.2, -0.15) is 0 Å². The smallest absolute Gasteiger partial charge is 0.137 e. The molecule has 2 rings (SSSR count). The molecule has 1 aromatic rings. The quantitative estimate of drug-likeness (QED) is 0.435. The van der Waals surface area contributed by atoms with Crippen molar-refractivity contribution in [1.29, 1.82) is 0 Å². The Morgan fingerprint density at radius 3 is 2.89 bits per heavy atom. The molecule has 94 valence electrons. The molecular weight excluding hydrogens is 220 g/mol. The number of benzene rings is 1. The highest BCUT2D eigenvalue weighted by molar-refractivity contribution is 5.22. The van der Waals surface area contributed by atoms with Crippen LogP contribution in [0.1, 0.15) is 44.3 Å². The summed E-state index contributed by atoms with van der Waals surface area (Å²) in [6.07, 6.45) is 8.65. The molecule has 0 radical (unpaired) electrons. The fourth-order valence-electron chi connectivity index (χ4n) is 2.01. The van der Waals surface area contributed by atoms with Gasteiger partial charge in [0.1, 0.15) is 6.10 Å². The van der Waals surface area contributed by atoms with E-state index in [0.29, 0.717) is 0 Å². The Hall–Kier alpha value is -1.52. The summed E-state index contributed by atoms with van der Waals surface area (Å²) in [6, 6.07) is 10.4. The molecule has 1 nitrogen and oxygen atoms in total. The molecule has 0 aliphatic carbocycles. The van der Waals surface area contributed by atoms with Crippen LogP contribution >= 0.6 is 0 Å². The van der Waals surface area contributed by atoms with Crippen molar-refractivity contribution in [2.24, 2.45) is 0 Å². The van der Waals surface area contributed by atoms with Crippen molar-refractivity contribution >= 4 is 0 Å². The van der Waals surface area contributed by atoms with E-state index in [2.05, 4.69) is 55.2 Å². The average Bonchev–Trinajstić information content (AvgIpc) is 2.45. The molecule has 1 aliphatic rings. The van der Waals surface area contributed by atoms with E-state index in [1.165, 1.54) is 18.4 Å². The molecule has 1 aliphatic heterocycles. The topological polar surface area (TPSA) is 9.23 Å². The van der Waals surface area contributed by atoms with E-state index in [-0.39, 0.29) is 12.2 Å². The molecule has 0 amide bonds. The predicted molar refractivity (Wildman–Crippen MR) is 75.1 cm³/mol. The maximum atomic E-state index is 5.99. The molecule has 0 spiro atoms.